The Hall–Kier alpha value is -1.59. The van der Waals surface area contributed by atoms with E-state index in [1.54, 1.807) is 0 Å². The van der Waals surface area contributed by atoms with Gasteiger partial charge in [-0.2, -0.15) is 0 Å². The standard InChI is InChI=1S/C19H28FN3O5S/c1-22-7-9-23(10-8-22)19(25)12-15-5-6-17(18(13-24)28-15)21-29(26,27)16-4-2-3-14(20)11-16/h2-4,11,15,17-18,21,24H,5-10,12-13H2,1H3/t15-,17+,18+/m1/s1. The minimum atomic E-state index is -3.95. The number of aliphatic hydroxyl groups is 1. The molecule has 0 bridgehead atoms. The van der Waals surface area contributed by atoms with E-state index in [4.69, 9.17) is 4.74 Å². The molecule has 0 aliphatic carbocycles. The number of nitrogens with zero attached hydrogens (tertiary/aromatic N) is 2. The lowest BCUT2D eigenvalue weighted by molar-refractivity contribution is -0.141. The van der Waals surface area contributed by atoms with Crippen molar-refractivity contribution in [1.82, 2.24) is 14.5 Å². The average Bonchev–Trinajstić information content (AvgIpc) is 2.69. The molecule has 29 heavy (non-hydrogen) atoms. The number of likely N-dealkylation sites (N-methyl/N-ethyl adjacent to an activating group) is 1. The molecule has 8 nitrogen and oxygen atoms in total. The molecule has 2 saturated heterocycles. The second-order valence-corrected chi connectivity index (χ2v) is 9.34. The lowest BCUT2D eigenvalue weighted by Gasteiger charge is -2.37. The van der Waals surface area contributed by atoms with Gasteiger partial charge in [-0.05, 0) is 38.1 Å². The SMILES string of the molecule is CN1CCN(C(=O)C[C@H]2CC[C@H](NS(=O)(=O)c3cccc(F)c3)[C@H](CO)O2)CC1. The van der Waals surface area contributed by atoms with Crippen molar-refractivity contribution in [1.29, 1.82) is 0 Å². The largest absolute Gasteiger partial charge is 0.394 e. The third-order valence-corrected chi connectivity index (χ3v) is 6.95. The molecule has 2 fully saturated rings. The molecule has 3 atom stereocenters. The molecular weight excluding hydrogens is 401 g/mol. The van der Waals surface area contributed by atoms with Gasteiger partial charge >= 0.3 is 0 Å². The van der Waals surface area contributed by atoms with Gasteiger partial charge in [0.1, 0.15) is 5.82 Å². The Balaban J connectivity index is 1.57. The van der Waals surface area contributed by atoms with Crippen molar-refractivity contribution in [3.05, 3.63) is 30.1 Å². The predicted octanol–water partition coefficient (Wildman–Crippen LogP) is 0.177. The van der Waals surface area contributed by atoms with Gasteiger partial charge in [-0.3, -0.25) is 4.79 Å². The summed E-state index contributed by atoms with van der Waals surface area (Å²) in [6, 6.07) is 4.09. The van der Waals surface area contributed by atoms with E-state index in [1.807, 2.05) is 11.9 Å². The zero-order chi connectivity index (χ0) is 21.0. The van der Waals surface area contributed by atoms with E-state index in [0.29, 0.717) is 25.9 Å². The normalized spacial score (nSPS) is 26.4. The van der Waals surface area contributed by atoms with Crippen LogP contribution in [-0.4, -0.2) is 87.3 Å². The molecule has 0 radical (unpaired) electrons. The molecule has 0 spiro atoms. The summed E-state index contributed by atoms with van der Waals surface area (Å²) in [7, 11) is -1.93. The highest BCUT2D eigenvalue weighted by Crippen LogP contribution is 2.24. The number of carbonyl (C=O) groups excluding carboxylic acids is 1. The molecule has 1 aromatic rings. The van der Waals surface area contributed by atoms with Crippen molar-refractivity contribution in [2.24, 2.45) is 0 Å². The van der Waals surface area contributed by atoms with Crippen LogP contribution in [0.25, 0.3) is 0 Å². The van der Waals surface area contributed by atoms with E-state index in [0.717, 1.165) is 19.2 Å². The summed E-state index contributed by atoms with van der Waals surface area (Å²) in [4.78, 5) is 16.3. The molecule has 10 heteroatoms. The third-order valence-electron chi connectivity index (χ3n) is 5.47. The van der Waals surface area contributed by atoms with Crippen LogP contribution in [0, 0.1) is 5.82 Å². The van der Waals surface area contributed by atoms with E-state index >= 15 is 0 Å². The number of nitrogens with one attached hydrogen (secondary N) is 1. The number of benzene rings is 1. The summed E-state index contributed by atoms with van der Waals surface area (Å²) in [5.74, 6) is -0.632. The zero-order valence-electron chi connectivity index (χ0n) is 16.5. The third kappa shape index (κ3) is 5.73. The molecule has 0 aromatic heterocycles. The Morgan fingerprint density at radius 1 is 1.28 bits per heavy atom. The summed E-state index contributed by atoms with van der Waals surface area (Å²) >= 11 is 0. The summed E-state index contributed by atoms with van der Waals surface area (Å²) in [6.45, 7) is 2.65. The number of rotatable bonds is 6. The van der Waals surface area contributed by atoms with E-state index in [-0.39, 0.29) is 29.9 Å². The van der Waals surface area contributed by atoms with E-state index in [2.05, 4.69) is 9.62 Å². The van der Waals surface area contributed by atoms with Crippen molar-refractivity contribution in [2.75, 3.05) is 39.8 Å². The maximum absolute atomic E-state index is 13.4. The Morgan fingerprint density at radius 2 is 2.00 bits per heavy atom. The number of aliphatic hydroxyl groups excluding tert-OH is 1. The summed E-state index contributed by atoms with van der Waals surface area (Å²) < 4.78 is 46.8. The minimum absolute atomic E-state index is 0.0126. The van der Waals surface area contributed by atoms with Gasteiger partial charge in [-0.1, -0.05) is 6.07 Å². The smallest absolute Gasteiger partial charge is 0.241 e. The maximum atomic E-state index is 13.4. The fraction of sp³-hybridized carbons (Fsp3) is 0.632. The zero-order valence-corrected chi connectivity index (χ0v) is 17.3. The molecule has 162 valence electrons. The second kappa shape index (κ2) is 9.48. The molecular formula is C19H28FN3O5S. The fourth-order valence-electron chi connectivity index (χ4n) is 3.70. The average molecular weight is 430 g/mol. The van der Waals surface area contributed by atoms with Crippen molar-refractivity contribution in [2.45, 2.75) is 42.4 Å². The summed E-state index contributed by atoms with van der Waals surface area (Å²) in [5, 5.41) is 9.68. The number of halogens is 1. The number of sulfonamides is 1. The van der Waals surface area contributed by atoms with Crippen LogP contribution in [0.15, 0.2) is 29.2 Å². The highest BCUT2D eigenvalue weighted by atomic mass is 32.2. The molecule has 2 aliphatic rings. The highest BCUT2D eigenvalue weighted by Gasteiger charge is 2.35. The van der Waals surface area contributed by atoms with Crippen LogP contribution in [0.3, 0.4) is 0 Å². The number of hydrogen-bond acceptors (Lipinski definition) is 6. The monoisotopic (exact) mass is 429 g/mol. The Kier molecular flexibility index (Phi) is 7.23. The summed E-state index contributed by atoms with van der Waals surface area (Å²) in [6.07, 6.45) is -0.0114. The number of hydrogen-bond donors (Lipinski definition) is 2. The number of ether oxygens (including phenoxy) is 1. The molecule has 1 amide bonds. The number of piperazine rings is 1. The highest BCUT2D eigenvalue weighted by molar-refractivity contribution is 7.89. The van der Waals surface area contributed by atoms with Crippen LogP contribution >= 0.6 is 0 Å². The van der Waals surface area contributed by atoms with Gasteiger partial charge in [0.25, 0.3) is 0 Å². The van der Waals surface area contributed by atoms with Gasteiger partial charge in [-0.25, -0.2) is 17.5 Å². The molecule has 1 aromatic carbocycles. The van der Waals surface area contributed by atoms with Crippen LogP contribution in [0.1, 0.15) is 19.3 Å². The fourth-order valence-corrected chi connectivity index (χ4v) is 5.03. The van der Waals surface area contributed by atoms with Crippen molar-refractivity contribution in [3.63, 3.8) is 0 Å². The molecule has 0 unspecified atom stereocenters. The Morgan fingerprint density at radius 3 is 2.66 bits per heavy atom. The van der Waals surface area contributed by atoms with Gasteiger partial charge in [0, 0.05) is 26.2 Å². The number of carbonyl (C=O) groups is 1. The predicted molar refractivity (Wildman–Crippen MR) is 104 cm³/mol. The quantitative estimate of drug-likeness (QED) is 0.669. The number of amides is 1. The topological polar surface area (TPSA) is 99.2 Å². The van der Waals surface area contributed by atoms with Crippen LogP contribution in [-0.2, 0) is 19.6 Å². The van der Waals surface area contributed by atoms with Gasteiger partial charge in [0.05, 0.1) is 36.2 Å². The van der Waals surface area contributed by atoms with Crippen molar-refractivity contribution >= 4 is 15.9 Å². The summed E-state index contributed by atoms with van der Waals surface area (Å²) in [5.41, 5.74) is 0. The maximum Gasteiger partial charge on any atom is 0.241 e. The molecule has 3 rings (SSSR count). The van der Waals surface area contributed by atoms with E-state index in [9.17, 15) is 22.7 Å². The molecule has 2 heterocycles. The molecule has 2 aliphatic heterocycles. The van der Waals surface area contributed by atoms with Crippen LogP contribution < -0.4 is 4.72 Å². The Labute approximate surface area is 170 Å². The van der Waals surface area contributed by atoms with Gasteiger partial charge < -0.3 is 19.6 Å². The first-order valence-electron chi connectivity index (χ1n) is 9.79. The minimum Gasteiger partial charge on any atom is -0.394 e. The van der Waals surface area contributed by atoms with Gasteiger partial charge in [0.15, 0.2) is 0 Å². The first-order chi connectivity index (χ1) is 13.8. The second-order valence-electron chi connectivity index (χ2n) is 7.63. The van der Waals surface area contributed by atoms with Crippen LogP contribution in [0.5, 0.6) is 0 Å². The molecule has 0 saturated carbocycles. The van der Waals surface area contributed by atoms with Crippen molar-refractivity contribution in [3.8, 4) is 0 Å². The van der Waals surface area contributed by atoms with Crippen molar-refractivity contribution < 1.29 is 27.4 Å². The van der Waals surface area contributed by atoms with Crippen LogP contribution in [0.4, 0.5) is 4.39 Å². The lowest BCUT2D eigenvalue weighted by atomic mass is 9.97. The van der Waals surface area contributed by atoms with Crippen LogP contribution in [0.2, 0.25) is 0 Å². The van der Waals surface area contributed by atoms with E-state index < -0.39 is 28.0 Å². The first kappa shape index (κ1) is 22.1. The van der Waals surface area contributed by atoms with Gasteiger partial charge in [0.2, 0.25) is 15.9 Å². The lowest BCUT2D eigenvalue weighted by Crippen LogP contribution is -2.52. The Bertz CT molecular complexity index is 814. The molecule has 2 N–H and O–H groups in total. The van der Waals surface area contributed by atoms with Gasteiger partial charge in [-0.15, -0.1) is 0 Å². The first-order valence-corrected chi connectivity index (χ1v) is 11.3. The van der Waals surface area contributed by atoms with E-state index in [1.165, 1.54) is 18.2 Å².